The van der Waals surface area contributed by atoms with Crippen molar-refractivity contribution in [2.24, 2.45) is 0 Å². The molecule has 2 heteroatoms. The molecule has 2 aromatic carbocycles. The normalized spacial score (nSPS) is 10.6. The van der Waals surface area contributed by atoms with E-state index in [-0.39, 0.29) is 5.78 Å². The van der Waals surface area contributed by atoms with Crippen LogP contribution in [0.4, 0.5) is 0 Å². The Morgan fingerprint density at radius 3 is 2.26 bits per heavy atom. The monoisotopic (exact) mass is 248 g/mol. The fraction of sp³-hybridized carbons (Fsp3) is 0.0588. The van der Waals surface area contributed by atoms with Crippen molar-refractivity contribution in [3.8, 4) is 5.69 Å². The summed E-state index contributed by atoms with van der Waals surface area (Å²) in [6.07, 6.45) is 0. The maximum Gasteiger partial charge on any atom is 0.254 e. The van der Waals surface area contributed by atoms with E-state index in [4.69, 9.17) is 0 Å². The minimum absolute atomic E-state index is 0.0645. The first kappa shape index (κ1) is 11.6. The van der Waals surface area contributed by atoms with Gasteiger partial charge in [-0.05, 0) is 12.1 Å². The number of benzene rings is 2. The van der Waals surface area contributed by atoms with E-state index in [2.05, 4.69) is 6.07 Å². The smallest absolute Gasteiger partial charge is 0.254 e. The van der Waals surface area contributed by atoms with Crippen LogP contribution in [0.5, 0.6) is 0 Å². The molecule has 0 atom stereocenters. The second-order valence-corrected chi connectivity index (χ2v) is 4.50. The van der Waals surface area contributed by atoms with Crippen LogP contribution in [0.3, 0.4) is 0 Å². The van der Waals surface area contributed by atoms with Gasteiger partial charge in [-0.15, -0.1) is 0 Å². The molecule has 0 bridgehead atoms. The molecule has 0 aliphatic carbocycles. The minimum Gasteiger partial charge on any atom is -0.288 e. The first-order valence-electron chi connectivity index (χ1n) is 6.27. The molecular weight excluding hydrogens is 234 g/mol. The standard InChI is InChI=1S/C17H14NO/c1-13(19)16-12-11-14-7-5-6-10-17(14)18(16)15-8-3-2-4-9-15/h2-12H,1H3/q+1. The Kier molecular flexibility index (Phi) is 2.84. The zero-order valence-electron chi connectivity index (χ0n) is 10.7. The van der Waals surface area contributed by atoms with Crippen LogP contribution in [0.25, 0.3) is 16.6 Å². The van der Waals surface area contributed by atoms with E-state index in [0.29, 0.717) is 5.69 Å². The average molecular weight is 248 g/mol. The van der Waals surface area contributed by atoms with Crippen LogP contribution >= 0.6 is 0 Å². The van der Waals surface area contributed by atoms with Crippen LogP contribution < -0.4 is 4.57 Å². The van der Waals surface area contributed by atoms with Gasteiger partial charge in [-0.25, -0.2) is 0 Å². The Morgan fingerprint density at radius 1 is 0.842 bits per heavy atom. The van der Waals surface area contributed by atoms with E-state index >= 15 is 0 Å². The molecule has 19 heavy (non-hydrogen) atoms. The van der Waals surface area contributed by atoms with E-state index < -0.39 is 0 Å². The van der Waals surface area contributed by atoms with E-state index in [1.54, 1.807) is 6.92 Å². The third-order valence-corrected chi connectivity index (χ3v) is 3.21. The summed E-state index contributed by atoms with van der Waals surface area (Å²) in [6, 6.07) is 21.9. The van der Waals surface area contributed by atoms with Crippen molar-refractivity contribution in [3.05, 3.63) is 72.4 Å². The molecule has 0 aliphatic rings. The van der Waals surface area contributed by atoms with Gasteiger partial charge in [-0.3, -0.25) is 4.79 Å². The molecule has 0 fully saturated rings. The number of carbonyl (C=O) groups is 1. The Hall–Kier alpha value is -2.48. The second-order valence-electron chi connectivity index (χ2n) is 4.50. The van der Waals surface area contributed by atoms with Gasteiger partial charge in [0, 0.05) is 36.6 Å². The molecule has 0 amide bonds. The number of nitrogens with zero attached hydrogens (tertiary/aromatic N) is 1. The highest BCUT2D eigenvalue weighted by molar-refractivity contribution is 5.92. The number of Topliss-reactive ketones (excluding diaryl/α,β-unsaturated/α-hetero) is 1. The predicted molar refractivity (Wildman–Crippen MR) is 75.5 cm³/mol. The van der Waals surface area contributed by atoms with Crippen molar-refractivity contribution in [2.75, 3.05) is 0 Å². The molecular formula is C17H14NO+. The van der Waals surface area contributed by atoms with Crippen LogP contribution in [0.15, 0.2) is 66.7 Å². The van der Waals surface area contributed by atoms with E-state index in [1.807, 2.05) is 65.2 Å². The van der Waals surface area contributed by atoms with Crippen LogP contribution in [0.2, 0.25) is 0 Å². The van der Waals surface area contributed by atoms with Gasteiger partial charge in [0.05, 0.1) is 0 Å². The quantitative estimate of drug-likeness (QED) is 0.503. The third-order valence-electron chi connectivity index (χ3n) is 3.21. The fourth-order valence-electron chi connectivity index (χ4n) is 2.34. The van der Waals surface area contributed by atoms with Crippen molar-refractivity contribution < 1.29 is 9.36 Å². The molecule has 3 aromatic rings. The summed E-state index contributed by atoms with van der Waals surface area (Å²) < 4.78 is 2.01. The van der Waals surface area contributed by atoms with Gasteiger partial charge in [0.2, 0.25) is 17.0 Å². The third kappa shape index (κ3) is 2.02. The lowest BCUT2D eigenvalue weighted by molar-refractivity contribution is -0.569. The lowest BCUT2D eigenvalue weighted by atomic mass is 10.1. The Morgan fingerprint density at radius 2 is 1.53 bits per heavy atom. The van der Waals surface area contributed by atoms with Gasteiger partial charge in [0.15, 0.2) is 0 Å². The van der Waals surface area contributed by atoms with Gasteiger partial charge in [-0.2, -0.15) is 4.57 Å². The topological polar surface area (TPSA) is 20.9 Å². The molecule has 1 aromatic heterocycles. The number of rotatable bonds is 2. The molecule has 0 spiro atoms. The first-order valence-corrected chi connectivity index (χ1v) is 6.27. The highest BCUT2D eigenvalue weighted by atomic mass is 16.1. The zero-order chi connectivity index (χ0) is 13.2. The maximum atomic E-state index is 11.9. The Bertz CT molecular complexity index is 748. The highest BCUT2D eigenvalue weighted by Crippen LogP contribution is 2.14. The molecule has 0 saturated heterocycles. The molecule has 0 saturated carbocycles. The largest absolute Gasteiger partial charge is 0.288 e. The average Bonchev–Trinajstić information content (AvgIpc) is 2.46. The molecule has 3 rings (SSSR count). The molecule has 1 heterocycles. The lowest BCUT2D eigenvalue weighted by Gasteiger charge is -2.04. The van der Waals surface area contributed by atoms with Crippen LogP contribution in [-0.2, 0) is 0 Å². The SMILES string of the molecule is CC(=O)c1ccc2ccccc2[n+]1-c1ccccc1. The number of para-hydroxylation sites is 2. The van der Waals surface area contributed by atoms with Crippen molar-refractivity contribution in [1.82, 2.24) is 0 Å². The second kappa shape index (κ2) is 4.65. The lowest BCUT2D eigenvalue weighted by Crippen LogP contribution is -2.38. The number of hydrogen-bond acceptors (Lipinski definition) is 1. The number of fused-ring (bicyclic) bond motifs is 1. The molecule has 2 nitrogen and oxygen atoms in total. The van der Waals surface area contributed by atoms with E-state index in [1.165, 1.54) is 0 Å². The predicted octanol–water partition coefficient (Wildman–Crippen LogP) is 3.32. The Labute approximate surface area is 111 Å². The summed E-state index contributed by atoms with van der Waals surface area (Å²) in [5.41, 5.74) is 2.75. The van der Waals surface area contributed by atoms with Gasteiger partial charge in [0.1, 0.15) is 0 Å². The summed E-state index contributed by atoms with van der Waals surface area (Å²) >= 11 is 0. The van der Waals surface area contributed by atoms with Gasteiger partial charge >= 0.3 is 0 Å². The van der Waals surface area contributed by atoms with Gasteiger partial charge in [-0.1, -0.05) is 30.3 Å². The summed E-state index contributed by atoms with van der Waals surface area (Å²) in [7, 11) is 0. The van der Waals surface area contributed by atoms with E-state index in [0.717, 1.165) is 16.6 Å². The van der Waals surface area contributed by atoms with Crippen LogP contribution in [0.1, 0.15) is 17.4 Å². The molecule has 0 aliphatic heterocycles. The maximum absolute atomic E-state index is 11.9. The fourth-order valence-corrected chi connectivity index (χ4v) is 2.34. The molecule has 0 unspecified atom stereocenters. The summed E-state index contributed by atoms with van der Waals surface area (Å²) in [5, 5.41) is 1.12. The van der Waals surface area contributed by atoms with E-state index in [9.17, 15) is 4.79 Å². The highest BCUT2D eigenvalue weighted by Gasteiger charge is 2.20. The number of aromatic nitrogens is 1. The number of pyridine rings is 1. The first-order chi connectivity index (χ1) is 9.27. The van der Waals surface area contributed by atoms with Crippen molar-refractivity contribution in [1.29, 1.82) is 0 Å². The summed E-state index contributed by atoms with van der Waals surface area (Å²) in [6.45, 7) is 1.60. The van der Waals surface area contributed by atoms with Crippen LogP contribution in [-0.4, -0.2) is 5.78 Å². The van der Waals surface area contributed by atoms with Crippen molar-refractivity contribution in [3.63, 3.8) is 0 Å². The minimum atomic E-state index is 0.0645. The van der Waals surface area contributed by atoms with Crippen LogP contribution in [0, 0.1) is 0 Å². The number of ketones is 1. The molecule has 0 radical (unpaired) electrons. The van der Waals surface area contributed by atoms with Crippen molar-refractivity contribution in [2.45, 2.75) is 6.92 Å². The number of hydrogen-bond donors (Lipinski definition) is 0. The summed E-state index contributed by atoms with van der Waals surface area (Å²) in [5.74, 6) is 0.0645. The van der Waals surface area contributed by atoms with Gasteiger partial charge < -0.3 is 0 Å². The zero-order valence-corrected chi connectivity index (χ0v) is 10.7. The summed E-state index contributed by atoms with van der Waals surface area (Å²) in [4.78, 5) is 11.9. The molecule has 0 N–H and O–H groups in total. The Balaban J connectivity index is 2.42. The number of carbonyl (C=O) groups excluding carboxylic acids is 1. The van der Waals surface area contributed by atoms with Gasteiger partial charge in [0.25, 0.3) is 5.69 Å². The molecule has 92 valence electrons. The van der Waals surface area contributed by atoms with Crippen molar-refractivity contribution >= 4 is 16.7 Å².